The SMILES string of the molecule is Cc1c(-c2cc3cc(Nc4cc5n(n4)CC(=O)NCC5)ncc3c(N)c2F)cnc2c1NS(=O)C2. The molecule has 2 aliphatic rings. The Kier molecular flexibility index (Phi) is 4.92. The highest BCUT2D eigenvalue weighted by molar-refractivity contribution is 7.86. The molecule has 0 saturated carbocycles. The van der Waals surface area contributed by atoms with E-state index in [9.17, 15) is 9.00 Å². The van der Waals surface area contributed by atoms with Crippen molar-refractivity contribution in [3.05, 3.63) is 53.4 Å². The highest BCUT2D eigenvalue weighted by Crippen LogP contribution is 2.39. The predicted molar refractivity (Wildman–Crippen MR) is 132 cm³/mol. The fraction of sp³-hybridized carbons (Fsp3) is 0.217. The van der Waals surface area contributed by atoms with E-state index in [1.807, 2.05) is 13.0 Å². The Morgan fingerprint density at radius 2 is 2.03 bits per heavy atom. The molecule has 2 aliphatic heterocycles. The van der Waals surface area contributed by atoms with Crippen molar-refractivity contribution < 1.29 is 13.4 Å². The molecule has 0 aliphatic carbocycles. The van der Waals surface area contributed by atoms with E-state index >= 15 is 4.39 Å². The second kappa shape index (κ2) is 8.01. The number of nitrogens with two attached hydrogens (primary N) is 1. The van der Waals surface area contributed by atoms with Gasteiger partial charge < -0.3 is 21.1 Å². The van der Waals surface area contributed by atoms with Crippen molar-refractivity contribution in [2.24, 2.45) is 0 Å². The van der Waals surface area contributed by atoms with Gasteiger partial charge in [0, 0.05) is 53.6 Å². The van der Waals surface area contributed by atoms with Crippen LogP contribution in [0.3, 0.4) is 0 Å². The Labute approximate surface area is 201 Å². The lowest BCUT2D eigenvalue weighted by Crippen LogP contribution is -2.25. The van der Waals surface area contributed by atoms with Gasteiger partial charge in [-0.1, -0.05) is 0 Å². The smallest absolute Gasteiger partial charge is 0.241 e. The van der Waals surface area contributed by atoms with Crippen LogP contribution in [0, 0.1) is 12.7 Å². The van der Waals surface area contributed by atoms with Crippen LogP contribution in [0.1, 0.15) is 17.0 Å². The lowest BCUT2D eigenvalue weighted by molar-refractivity contribution is -0.121. The zero-order valence-corrected chi connectivity index (χ0v) is 19.5. The van der Waals surface area contributed by atoms with Crippen molar-refractivity contribution in [3.8, 4) is 11.1 Å². The van der Waals surface area contributed by atoms with Gasteiger partial charge in [-0.25, -0.2) is 13.6 Å². The molecular formula is C23H21FN8O2S. The first kappa shape index (κ1) is 21.5. The highest BCUT2D eigenvalue weighted by Gasteiger charge is 2.24. The third kappa shape index (κ3) is 3.66. The third-order valence-corrected chi connectivity index (χ3v) is 7.27. The normalized spacial score (nSPS) is 16.9. The van der Waals surface area contributed by atoms with Gasteiger partial charge in [0.15, 0.2) is 11.6 Å². The number of carbonyl (C=O) groups is 1. The van der Waals surface area contributed by atoms with E-state index in [2.05, 4.69) is 30.4 Å². The van der Waals surface area contributed by atoms with Crippen molar-refractivity contribution in [1.82, 2.24) is 25.1 Å². The van der Waals surface area contributed by atoms with Gasteiger partial charge in [0.25, 0.3) is 0 Å². The number of fused-ring (bicyclic) bond motifs is 3. The summed E-state index contributed by atoms with van der Waals surface area (Å²) in [6, 6.07) is 5.37. The van der Waals surface area contributed by atoms with E-state index in [0.717, 1.165) is 11.3 Å². The maximum Gasteiger partial charge on any atom is 0.241 e. The van der Waals surface area contributed by atoms with Crippen LogP contribution in [0.4, 0.5) is 27.4 Å². The number of nitrogens with one attached hydrogen (secondary N) is 3. The highest BCUT2D eigenvalue weighted by atomic mass is 32.2. The van der Waals surface area contributed by atoms with Gasteiger partial charge in [-0.05, 0) is 30.0 Å². The number of halogens is 1. The van der Waals surface area contributed by atoms with Crippen LogP contribution in [0.5, 0.6) is 0 Å². The second-order valence-corrected chi connectivity index (χ2v) is 9.74. The molecule has 0 spiro atoms. The van der Waals surface area contributed by atoms with Crippen LogP contribution in [-0.4, -0.2) is 36.4 Å². The minimum absolute atomic E-state index is 0.00676. The number of anilines is 4. The average Bonchev–Trinajstić information content (AvgIpc) is 3.34. The fourth-order valence-corrected chi connectivity index (χ4v) is 5.55. The first-order valence-electron chi connectivity index (χ1n) is 11.0. The molecule has 0 saturated heterocycles. The van der Waals surface area contributed by atoms with Crippen LogP contribution in [0.25, 0.3) is 21.9 Å². The van der Waals surface area contributed by atoms with Crippen LogP contribution < -0.4 is 21.1 Å². The number of pyridine rings is 2. The summed E-state index contributed by atoms with van der Waals surface area (Å²) in [6.07, 6.45) is 3.80. The van der Waals surface area contributed by atoms with E-state index < -0.39 is 16.8 Å². The topological polar surface area (TPSA) is 140 Å². The van der Waals surface area contributed by atoms with Gasteiger partial charge in [-0.2, -0.15) is 5.10 Å². The van der Waals surface area contributed by atoms with Crippen molar-refractivity contribution >= 4 is 50.7 Å². The quantitative estimate of drug-likeness (QED) is 0.322. The van der Waals surface area contributed by atoms with Gasteiger partial charge >= 0.3 is 0 Å². The number of carbonyl (C=O) groups excluding carboxylic acids is 1. The maximum absolute atomic E-state index is 15.3. The molecule has 5 heterocycles. The molecule has 10 nitrogen and oxygen atoms in total. The summed E-state index contributed by atoms with van der Waals surface area (Å²) in [5.74, 6) is 0.759. The van der Waals surface area contributed by atoms with Gasteiger partial charge in [-0.3, -0.25) is 14.5 Å². The Hall–Kier alpha value is -4.06. The number of hydrogen-bond acceptors (Lipinski definition) is 7. The van der Waals surface area contributed by atoms with E-state index in [0.29, 0.717) is 63.6 Å². The standard InChI is InChI=1S/C23H21FN8O2S/c1-11-15(7-27-17-10-35(34)31-23(11)17)14-4-12-5-18(28-8-16(12)22(25)21(14)24)29-19-6-13-2-3-26-20(33)9-32(13)30-19/h4-8,31H,2-3,9-10,25H2,1H3,(H,26,33)(H,28,29,30). The van der Waals surface area contributed by atoms with Crippen molar-refractivity contribution in [1.29, 1.82) is 0 Å². The summed E-state index contributed by atoms with van der Waals surface area (Å²) in [7, 11) is -1.23. The average molecular weight is 493 g/mol. The number of amides is 1. The van der Waals surface area contributed by atoms with E-state index in [1.54, 1.807) is 23.0 Å². The second-order valence-electron chi connectivity index (χ2n) is 8.56. The Bertz CT molecular complexity index is 1570. The third-order valence-electron chi connectivity index (χ3n) is 6.31. The van der Waals surface area contributed by atoms with Crippen molar-refractivity contribution in [2.45, 2.75) is 25.6 Å². The molecule has 3 aromatic heterocycles. The number of nitrogens with zero attached hydrogens (tertiary/aromatic N) is 4. The first-order chi connectivity index (χ1) is 16.9. The predicted octanol–water partition coefficient (Wildman–Crippen LogP) is 2.53. The van der Waals surface area contributed by atoms with Gasteiger partial charge in [0.2, 0.25) is 5.91 Å². The van der Waals surface area contributed by atoms with E-state index in [-0.39, 0.29) is 18.1 Å². The zero-order valence-electron chi connectivity index (χ0n) is 18.7. The molecule has 5 N–H and O–H groups in total. The molecular weight excluding hydrogens is 471 g/mol. The maximum atomic E-state index is 15.3. The van der Waals surface area contributed by atoms with Crippen LogP contribution in [-0.2, 0) is 34.5 Å². The number of rotatable bonds is 3. The number of hydrogen-bond donors (Lipinski definition) is 4. The minimum atomic E-state index is -1.23. The number of benzene rings is 1. The summed E-state index contributed by atoms with van der Waals surface area (Å²) in [6.45, 7) is 2.57. The minimum Gasteiger partial charge on any atom is -0.396 e. The Morgan fingerprint density at radius 1 is 1.17 bits per heavy atom. The summed E-state index contributed by atoms with van der Waals surface area (Å²) in [5, 5.41) is 11.6. The number of aromatic nitrogens is 4. The fourth-order valence-electron chi connectivity index (χ4n) is 4.52. The van der Waals surface area contributed by atoms with Gasteiger partial charge in [-0.15, -0.1) is 0 Å². The molecule has 0 radical (unpaired) electrons. The lowest BCUT2D eigenvalue weighted by Gasteiger charge is -2.14. The molecule has 0 fully saturated rings. The van der Waals surface area contributed by atoms with Crippen LogP contribution in [0.15, 0.2) is 30.6 Å². The van der Waals surface area contributed by atoms with E-state index in [1.165, 1.54) is 6.20 Å². The molecule has 35 heavy (non-hydrogen) atoms. The van der Waals surface area contributed by atoms with Gasteiger partial charge in [0.1, 0.15) is 23.3 Å². The Balaban J connectivity index is 1.39. The molecule has 178 valence electrons. The molecule has 0 bridgehead atoms. The molecule has 6 rings (SSSR count). The molecule has 1 aromatic carbocycles. The van der Waals surface area contributed by atoms with Crippen LogP contribution >= 0.6 is 0 Å². The van der Waals surface area contributed by atoms with Crippen molar-refractivity contribution in [3.63, 3.8) is 0 Å². The lowest BCUT2D eigenvalue weighted by atomic mass is 9.96. The van der Waals surface area contributed by atoms with Crippen molar-refractivity contribution in [2.75, 3.05) is 22.3 Å². The molecule has 1 amide bonds. The van der Waals surface area contributed by atoms with Crippen LogP contribution in [0.2, 0.25) is 0 Å². The molecule has 1 atom stereocenters. The van der Waals surface area contributed by atoms with E-state index in [4.69, 9.17) is 5.73 Å². The number of nitrogen functional groups attached to an aromatic ring is 1. The Morgan fingerprint density at radius 3 is 2.89 bits per heavy atom. The summed E-state index contributed by atoms with van der Waals surface area (Å²) in [5.41, 5.74) is 10.1. The first-order valence-corrected chi connectivity index (χ1v) is 12.3. The summed E-state index contributed by atoms with van der Waals surface area (Å²) in [4.78, 5) is 20.6. The largest absolute Gasteiger partial charge is 0.396 e. The molecule has 1 unspecified atom stereocenters. The summed E-state index contributed by atoms with van der Waals surface area (Å²) >= 11 is 0. The molecule has 12 heteroatoms. The monoisotopic (exact) mass is 492 g/mol. The zero-order chi connectivity index (χ0) is 24.3. The van der Waals surface area contributed by atoms with Gasteiger partial charge in [0.05, 0.1) is 22.8 Å². The molecule has 4 aromatic rings. The summed E-state index contributed by atoms with van der Waals surface area (Å²) < 4.78 is 31.8.